The molecule has 8 heteroatoms. The van der Waals surface area contributed by atoms with Crippen molar-refractivity contribution in [2.24, 2.45) is 0 Å². The molecule has 0 bridgehead atoms. The van der Waals surface area contributed by atoms with E-state index < -0.39 is 32.8 Å². The predicted molar refractivity (Wildman–Crippen MR) is 88.5 cm³/mol. The maximum atomic E-state index is 13.0. The molecule has 0 aliphatic rings. The topological polar surface area (TPSA) is 72.5 Å². The molecule has 24 heavy (non-hydrogen) atoms. The molecule has 2 aromatic rings. The van der Waals surface area contributed by atoms with Crippen LogP contribution in [0.1, 0.15) is 17.2 Å². The molecule has 5 nitrogen and oxygen atoms in total. The van der Waals surface area contributed by atoms with E-state index in [-0.39, 0.29) is 6.61 Å². The lowest BCUT2D eigenvalue weighted by Gasteiger charge is -2.17. The first kappa shape index (κ1) is 18.2. The van der Waals surface area contributed by atoms with E-state index in [2.05, 4.69) is 5.32 Å². The smallest absolute Gasteiger partial charge is 0.407 e. The van der Waals surface area contributed by atoms with Crippen molar-refractivity contribution >= 4 is 25.8 Å². The van der Waals surface area contributed by atoms with Crippen molar-refractivity contribution in [1.29, 1.82) is 0 Å². The minimum atomic E-state index is -3.89. The Hall–Kier alpha value is -2.12. The molecule has 2 rings (SSSR count). The summed E-state index contributed by atoms with van der Waals surface area (Å²) in [5.41, 5.74) is 1.19. The van der Waals surface area contributed by atoms with Gasteiger partial charge in [0.25, 0.3) is 0 Å². The highest BCUT2D eigenvalue weighted by Gasteiger charge is 2.22. The SMILES string of the molecule is O=C(NC(CS(=O)(=O)Cl)c1ccc(F)cc1)OCc1ccccc1. The zero-order valence-electron chi connectivity index (χ0n) is 12.5. The fourth-order valence-electron chi connectivity index (χ4n) is 2.02. The van der Waals surface area contributed by atoms with E-state index in [4.69, 9.17) is 15.4 Å². The van der Waals surface area contributed by atoms with E-state index in [1.54, 1.807) is 24.3 Å². The Balaban J connectivity index is 2.04. The van der Waals surface area contributed by atoms with Gasteiger partial charge in [-0.25, -0.2) is 17.6 Å². The number of hydrogen-bond acceptors (Lipinski definition) is 4. The molecule has 1 N–H and O–H groups in total. The van der Waals surface area contributed by atoms with Gasteiger partial charge in [-0.3, -0.25) is 0 Å². The Kier molecular flexibility index (Phi) is 6.16. The number of ether oxygens (including phenoxy) is 1. The third-order valence-electron chi connectivity index (χ3n) is 3.14. The van der Waals surface area contributed by atoms with Gasteiger partial charge in [0.1, 0.15) is 12.4 Å². The molecule has 1 atom stereocenters. The van der Waals surface area contributed by atoms with E-state index in [9.17, 15) is 17.6 Å². The molecule has 1 unspecified atom stereocenters. The van der Waals surface area contributed by atoms with Gasteiger partial charge in [0.15, 0.2) is 0 Å². The summed E-state index contributed by atoms with van der Waals surface area (Å²) in [4.78, 5) is 11.9. The fourth-order valence-corrected chi connectivity index (χ4v) is 3.07. The summed E-state index contributed by atoms with van der Waals surface area (Å²) in [7, 11) is 1.39. The molecular formula is C16H15ClFNO4S. The lowest BCUT2D eigenvalue weighted by atomic mass is 10.1. The van der Waals surface area contributed by atoms with E-state index in [0.29, 0.717) is 5.56 Å². The average Bonchev–Trinajstić information content (AvgIpc) is 2.53. The Morgan fingerprint density at radius 2 is 1.75 bits per heavy atom. The first-order chi connectivity index (χ1) is 11.3. The first-order valence-corrected chi connectivity index (χ1v) is 9.46. The van der Waals surface area contributed by atoms with E-state index in [1.165, 1.54) is 24.3 Å². The minimum absolute atomic E-state index is 0.0381. The zero-order chi connectivity index (χ0) is 17.6. The Bertz CT molecular complexity index is 781. The van der Waals surface area contributed by atoms with Gasteiger partial charge >= 0.3 is 6.09 Å². The van der Waals surface area contributed by atoms with Crippen molar-refractivity contribution < 1.29 is 22.3 Å². The molecular weight excluding hydrogens is 357 g/mol. The summed E-state index contributed by atoms with van der Waals surface area (Å²) >= 11 is 0. The van der Waals surface area contributed by atoms with Crippen LogP contribution in [0.15, 0.2) is 54.6 Å². The van der Waals surface area contributed by atoms with Gasteiger partial charge in [-0.05, 0) is 23.3 Å². The lowest BCUT2D eigenvalue weighted by molar-refractivity contribution is 0.136. The van der Waals surface area contributed by atoms with Crippen molar-refractivity contribution in [3.63, 3.8) is 0 Å². The number of benzene rings is 2. The predicted octanol–water partition coefficient (Wildman–Crippen LogP) is 3.36. The number of nitrogens with one attached hydrogen (secondary N) is 1. The molecule has 2 aromatic carbocycles. The fraction of sp³-hybridized carbons (Fsp3) is 0.188. The molecule has 0 saturated carbocycles. The van der Waals surface area contributed by atoms with Crippen LogP contribution in [0.25, 0.3) is 0 Å². The van der Waals surface area contributed by atoms with Gasteiger partial charge in [0.2, 0.25) is 9.05 Å². The number of carbonyl (C=O) groups is 1. The molecule has 0 heterocycles. The standard InChI is InChI=1S/C16H15ClFNO4S/c17-24(21,22)11-15(13-6-8-14(18)9-7-13)19-16(20)23-10-12-4-2-1-3-5-12/h1-9,15H,10-11H2,(H,19,20). The van der Waals surface area contributed by atoms with Crippen molar-refractivity contribution in [2.75, 3.05) is 5.75 Å². The largest absolute Gasteiger partial charge is 0.445 e. The van der Waals surface area contributed by atoms with Gasteiger partial charge in [0, 0.05) is 10.7 Å². The van der Waals surface area contributed by atoms with Crippen LogP contribution in [-0.2, 0) is 20.4 Å². The van der Waals surface area contributed by atoms with Gasteiger partial charge in [-0.1, -0.05) is 42.5 Å². The second kappa shape index (κ2) is 8.12. The number of alkyl carbamates (subject to hydrolysis) is 1. The molecule has 0 aliphatic carbocycles. The lowest BCUT2D eigenvalue weighted by Crippen LogP contribution is -2.32. The Labute approximate surface area is 143 Å². The molecule has 0 saturated heterocycles. The molecule has 1 amide bonds. The highest BCUT2D eigenvalue weighted by Crippen LogP contribution is 2.18. The summed E-state index contributed by atoms with van der Waals surface area (Å²) in [6.07, 6.45) is -0.798. The second-order valence-electron chi connectivity index (χ2n) is 5.02. The van der Waals surface area contributed by atoms with Crippen molar-refractivity contribution in [1.82, 2.24) is 5.32 Å². The summed E-state index contributed by atoms with van der Waals surface area (Å²) in [6, 6.07) is 13.1. The van der Waals surface area contributed by atoms with Crippen LogP contribution in [0.2, 0.25) is 0 Å². The number of carbonyl (C=O) groups excluding carboxylic acids is 1. The summed E-state index contributed by atoms with van der Waals surface area (Å²) in [5.74, 6) is -1.02. The van der Waals surface area contributed by atoms with Crippen LogP contribution in [0.3, 0.4) is 0 Å². The number of rotatable bonds is 6. The van der Waals surface area contributed by atoms with Gasteiger partial charge in [0.05, 0.1) is 11.8 Å². The molecule has 128 valence electrons. The van der Waals surface area contributed by atoms with Crippen LogP contribution in [0, 0.1) is 5.82 Å². The quantitative estimate of drug-likeness (QED) is 0.790. The average molecular weight is 372 g/mol. The number of hydrogen-bond donors (Lipinski definition) is 1. The van der Waals surface area contributed by atoms with Crippen molar-refractivity contribution in [3.8, 4) is 0 Å². The minimum Gasteiger partial charge on any atom is -0.445 e. The van der Waals surface area contributed by atoms with Crippen molar-refractivity contribution in [3.05, 3.63) is 71.5 Å². The van der Waals surface area contributed by atoms with Crippen molar-refractivity contribution in [2.45, 2.75) is 12.6 Å². The first-order valence-electron chi connectivity index (χ1n) is 6.98. The van der Waals surface area contributed by atoms with Crippen LogP contribution < -0.4 is 5.32 Å². The summed E-state index contributed by atoms with van der Waals surface area (Å²) in [6.45, 7) is 0.0381. The highest BCUT2D eigenvalue weighted by atomic mass is 35.7. The van der Waals surface area contributed by atoms with Crippen LogP contribution in [0.5, 0.6) is 0 Å². The van der Waals surface area contributed by atoms with E-state index >= 15 is 0 Å². The van der Waals surface area contributed by atoms with Gasteiger partial charge < -0.3 is 10.1 Å². The van der Waals surface area contributed by atoms with Crippen LogP contribution in [0.4, 0.5) is 9.18 Å². The summed E-state index contributed by atoms with van der Waals surface area (Å²) < 4.78 is 40.7. The number of halogens is 2. The molecule has 0 aliphatic heterocycles. The maximum Gasteiger partial charge on any atom is 0.407 e. The Morgan fingerprint density at radius 1 is 1.12 bits per heavy atom. The third kappa shape index (κ3) is 6.17. The highest BCUT2D eigenvalue weighted by molar-refractivity contribution is 8.13. The maximum absolute atomic E-state index is 13.0. The molecule has 0 aromatic heterocycles. The Morgan fingerprint density at radius 3 is 2.33 bits per heavy atom. The zero-order valence-corrected chi connectivity index (χ0v) is 14.1. The van der Waals surface area contributed by atoms with Crippen LogP contribution in [-0.4, -0.2) is 20.3 Å². The number of amides is 1. The molecule has 0 fully saturated rings. The van der Waals surface area contributed by atoms with E-state index in [0.717, 1.165) is 5.56 Å². The third-order valence-corrected chi connectivity index (χ3v) is 4.25. The normalized spacial score (nSPS) is 12.4. The van der Waals surface area contributed by atoms with Gasteiger partial charge in [-0.2, -0.15) is 0 Å². The molecule has 0 radical (unpaired) electrons. The van der Waals surface area contributed by atoms with Gasteiger partial charge in [-0.15, -0.1) is 0 Å². The van der Waals surface area contributed by atoms with E-state index in [1.807, 2.05) is 6.07 Å². The summed E-state index contributed by atoms with van der Waals surface area (Å²) in [5, 5.41) is 2.43. The van der Waals surface area contributed by atoms with Crippen LogP contribution >= 0.6 is 10.7 Å². The molecule has 0 spiro atoms. The monoisotopic (exact) mass is 371 g/mol. The second-order valence-corrected chi connectivity index (χ2v) is 7.84.